The molecule has 0 spiro atoms. The predicted molar refractivity (Wildman–Crippen MR) is 256 cm³/mol. The molecule has 0 N–H and O–H groups in total. The van der Waals surface area contributed by atoms with Crippen LogP contribution in [0.15, 0.2) is 122 Å². The Kier molecular flexibility index (Phi) is 44.2. The normalized spacial score (nSPS) is 13.2. The summed E-state index contributed by atoms with van der Waals surface area (Å²) in [7, 11) is 0. The van der Waals surface area contributed by atoms with Gasteiger partial charge >= 0.3 is 17.9 Å². The summed E-state index contributed by atoms with van der Waals surface area (Å²) in [6.07, 6.45) is 64.8. The molecular weight excluding hydrogens is 745 g/mol. The molecule has 0 aromatic rings. The van der Waals surface area contributed by atoms with E-state index >= 15 is 0 Å². The molecule has 0 rings (SSSR count). The van der Waals surface area contributed by atoms with Crippen molar-refractivity contribution in [3.05, 3.63) is 122 Å². The van der Waals surface area contributed by atoms with Crippen molar-refractivity contribution in [2.24, 2.45) is 0 Å². The number of hydrogen-bond acceptors (Lipinski definition) is 6. The Balaban J connectivity index is 4.57. The lowest BCUT2D eigenvalue weighted by Gasteiger charge is -2.18. The second-order valence-electron chi connectivity index (χ2n) is 15.1. The molecule has 0 amide bonds. The summed E-state index contributed by atoms with van der Waals surface area (Å²) in [5.74, 6) is -1.07. The smallest absolute Gasteiger partial charge is 0.306 e. The lowest BCUT2D eigenvalue weighted by molar-refractivity contribution is -0.166. The average Bonchev–Trinajstić information content (AvgIpc) is 3.24. The van der Waals surface area contributed by atoms with E-state index in [1.807, 2.05) is 79.0 Å². The largest absolute Gasteiger partial charge is 0.462 e. The van der Waals surface area contributed by atoms with Crippen molar-refractivity contribution < 1.29 is 28.6 Å². The Morgan fingerprint density at radius 1 is 0.367 bits per heavy atom. The Hall–Kier alpha value is -4.19. The van der Waals surface area contributed by atoms with Crippen LogP contribution in [0.3, 0.4) is 0 Å². The number of carbonyl (C=O) groups excluding carboxylic acids is 3. The van der Waals surface area contributed by atoms with Gasteiger partial charge in [0.15, 0.2) is 6.10 Å². The average molecular weight is 829 g/mol. The molecule has 6 heteroatoms. The molecule has 0 aromatic heterocycles. The Bertz CT molecular complexity index is 1320. The molecule has 60 heavy (non-hydrogen) atoms. The molecule has 0 radical (unpaired) electrons. The maximum atomic E-state index is 12.7. The highest BCUT2D eigenvalue weighted by atomic mass is 16.6. The molecule has 0 heterocycles. The highest BCUT2D eigenvalue weighted by Crippen LogP contribution is 2.11. The number of allylic oxidation sites excluding steroid dienone is 20. The summed E-state index contributed by atoms with van der Waals surface area (Å²) in [5, 5.41) is 0. The van der Waals surface area contributed by atoms with Crippen LogP contribution in [0.2, 0.25) is 0 Å². The van der Waals surface area contributed by atoms with Gasteiger partial charge in [-0.2, -0.15) is 0 Å². The van der Waals surface area contributed by atoms with Crippen molar-refractivity contribution >= 4 is 17.9 Å². The summed E-state index contributed by atoms with van der Waals surface area (Å²) >= 11 is 0. The Morgan fingerprint density at radius 2 is 0.767 bits per heavy atom. The summed E-state index contributed by atoms with van der Waals surface area (Å²) < 4.78 is 16.6. The van der Waals surface area contributed by atoms with Gasteiger partial charge in [-0.25, -0.2) is 0 Å². The molecule has 0 aliphatic rings. The van der Waals surface area contributed by atoms with E-state index in [1.165, 1.54) is 51.4 Å². The van der Waals surface area contributed by atoms with E-state index < -0.39 is 12.1 Å². The molecule has 336 valence electrons. The van der Waals surface area contributed by atoms with E-state index in [-0.39, 0.29) is 38.0 Å². The fourth-order valence-electron chi connectivity index (χ4n) is 5.81. The molecular formula is C54H84O6. The Morgan fingerprint density at radius 3 is 1.30 bits per heavy atom. The minimum atomic E-state index is -0.833. The van der Waals surface area contributed by atoms with Crippen LogP contribution in [0.4, 0.5) is 0 Å². The van der Waals surface area contributed by atoms with Gasteiger partial charge in [0.1, 0.15) is 13.2 Å². The second-order valence-corrected chi connectivity index (χ2v) is 15.1. The minimum absolute atomic E-state index is 0.125. The van der Waals surface area contributed by atoms with Gasteiger partial charge in [0.05, 0.1) is 0 Å². The zero-order valence-corrected chi connectivity index (χ0v) is 38.2. The van der Waals surface area contributed by atoms with Crippen LogP contribution in [0.25, 0.3) is 0 Å². The van der Waals surface area contributed by atoms with Gasteiger partial charge in [0.2, 0.25) is 0 Å². The first-order valence-corrected chi connectivity index (χ1v) is 23.6. The number of carbonyl (C=O) groups is 3. The first-order valence-electron chi connectivity index (χ1n) is 23.6. The molecule has 0 aliphatic carbocycles. The number of esters is 3. The highest BCUT2D eigenvalue weighted by molar-refractivity contribution is 5.71. The SMILES string of the molecule is CC\C=C/C=C\C=C/C=C\C=C\C=C/C=C\CCCCCC(=O)OCC(COC(=O)CCCCCC/C=C\CCCC)OC(=O)CC/C=C\C/C=C\CCCCCCCC. The maximum absolute atomic E-state index is 12.7. The molecule has 0 aliphatic heterocycles. The van der Waals surface area contributed by atoms with Gasteiger partial charge in [-0.1, -0.05) is 206 Å². The first-order chi connectivity index (χ1) is 29.5. The second kappa shape index (κ2) is 47.5. The van der Waals surface area contributed by atoms with E-state index in [9.17, 15) is 14.4 Å². The summed E-state index contributed by atoms with van der Waals surface area (Å²) in [4.78, 5) is 37.7. The third-order valence-corrected chi connectivity index (χ3v) is 9.38. The number of hydrogen-bond donors (Lipinski definition) is 0. The van der Waals surface area contributed by atoms with Crippen LogP contribution in [-0.2, 0) is 28.6 Å². The fraction of sp³-hybridized carbons (Fsp3) is 0.574. The molecule has 1 unspecified atom stereocenters. The first kappa shape index (κ1) is 55.8. The van der Waals surface area contributed by atoms with Crippen molar-refractivity contribution in [2.45, 2.75) is 187 Å². The highest BCUT2D eigenvalue weighted by Gasteiger charge is 2.19. The number of unbranched alkanes of at least 4 members (excludes halogenated alkanes) is 15. The van der Waals surface area contributed by atoms with Gasteiger partial charge in [-0.3, -0.25) is 14.4 Å². The third-order valence-electron chi connectivity index (χ3n) is 9.38. The van der Waals surface area contributed by atoms with Gasteiger partial charge < -0.3 is 14.2 Å². The zero-order valence-electron chi connectivity index (χ0n) is 38.2. The van der Waals surface area contributed by atoms with E-state index in [2.05, 4.69) is 63.3 Å². The summed E-state index contributed by atoms with van der Waals surface area (Å²) in [5.41, 5.74) is 0. The molecule has 0 saturated heterocycles. The molecule has 0 fully saturated rings. The van der Waals surface area contributed by atoms with Crippen LogP contribution >= 0.6 is 0 Å². The number of ether oxygens (including phenoxy) is 3. The van der Waals surface area contributed by atoms with Crippen LogP contribution in [0.5, 0.6) is 0 Å². The standard InChI is InChI=1S/C54H84O6/c1-4-7-10-13-16-19-22-24-25-26-27-28-29-31-32-35-38-41-44-47-53(56)59-50-51(49-58-52(55)46-43-40-37-34-21-18-15-12-9-6-3)60-54(57)48-45-42-39-36-33-30-23-20-17-14-11-8-5-2/h7,10,13,15-16,18-19,22,24-33,39,42,51H,4-6,8-9,11-12,14,17,20-21,23,34-38,40-41,43-50H2,1-3H3/b10-7-,16-13-,18-15-,22-19-,25-24-,27-26+,29-28-,32-31-,33-30-,42-39-. The van der Waals surface area contributed by atoms with E-state index in [4.69, 9.17) is 14.2 Å². The lowest BCUT2D eigenvalue weighted by Crippen LogP contribution is -2.30. The molecule has 1 atom stereocenters. The maximum Gasteiger partial charge on any atom is 0.306 e. The summed E-state index contributed by atoms with van der Waals surface area (Å²) in [6, 6.07) is 0. The monoisotopic (exact) mass is 829 g/mol. The predicted octanol–water partition coefficient (Wildman–Crippen LogP) is 15.4. The van der Waals surface area contributed by atoms with Crippen molar-refractivity contribution in [1.82, 2.24) is 0 Å². The van der Waals surface area contributed by atoms with Gasteiger partial charge in [0.25, 0.3) is 0 Å². The molecule has 0 saturated carbocycles. The van der Waals surface area contributed by atoms with Crippen LogP contribution in [-0.4, -0.2) is 37.2 Å². The number of rotatable bonds is 40. The molecule has 0 aromatic carbocycles. The lowest BCUT2D eigenvalue weighted by atomic mass is 10.1. The van der Waals surface area contributed by atoms with Crippen molar-refractivity contribution in [3.8, 4) is 0 Å². The topological polar surface area (TPSA) is 78.9 Å². The van der Waals surface area contributed by atoms with Crippen molar-refractivity contribution in [1.29, 1.82) is 0 Å². The Labute approximate surface area is 367 Å². The van der Waals surface area contributed by atoms with E-state index in [0.717, 1.165) is 77.0 Å². The molecule has 6 nitrogen and oxygen atoms in total. The minimum Gasteiger partial charge on any atom is -0.462 e. The molecule has 0 bridgehead atoms. The summed E-state index contributed by atoms with van der Waals surface area (Å²) in [6.45, 7) is 6.30. The fourth-order valence-corrected chi connectivity index (χ4v) is 5.81. The van der Waals surface area contributed by atoms with Gasteiger partial charge in [-0.05, 0) is 77.0 Å². The third kappa shape index (κ3) is 44.9. The zero-order chi connectivity index (χ0) is 43.7. The van der Waals surface area contributed by atoms with Crippen LogP contribution in [0.1, 0.15) is 181 Å². The van der Waals surface area contributed by atoms with Crippen molar-refractivity contribution in [3.63, 3.8) is 0 Å². The van der Waals surface area contributed by atoms with Crippen LogP contribution < -0.4 is 0 Å². The van der Waals surface area contributed by atoms with E-state index in [1.54, 1.807) is 0 Å². The van der Waals surface area contributed by atoms with E-state index in [0.29, 0.717) is 19.3 Å². The van der Waals surface area contributed by atoms with Crippen LogP contribution in [0, 0.1) is 0 Å². The quantitative estimate of drug-likeness (QED) is 0.0201. The van der Waals surface area contributed by atoms with Gasteiger partial charge in [-0.15, -0.1) is 0 Å². The van der Waals surface area contributed by atoms with Gasteiger partial charge in [0, 0.05) is 19.3 Å². The van der Waals surface area contributed by atoms with Crippen molar-refractivity contribution in [2.75, 3.05) is 13.2 Å².